The second-order valence-corrected chi connectivity index (χ2v) is 5.48. The van der Waals surface area contributed by atoms with Gasteiger partial charge in [0.1, 0.15) is 0 Å². The van der Waals surface area contributed by atoms with E-state index in [9.17, 15) is 4.79 Å². The highest BCUT2D eigenvalue weighted by Gasteiger charge is 1.97. The van der Waals surface area contributed by atoms with Crippen LogP contribution in [-0.2, 0) is 11.2 Å². The smallest absolute Gasteiger partial charge is 0.244 e. The Kier molecular flexibility index (Phi) is 4.53. The predicted octanol–water partition coefficient (Wildman–Crippen LogP) is 3.18. The Bertz CT molecular complexity index is 472. The Balaban J connectivity index is 1.71. The largest absolute Gasteiger partial charge is 0.352 e. The maximum atomic E-state index is 11.5. The maximum absolute atomic E-state index is 11.5. The van der Waals surface area contributed by atoms with Crippen molar-refractivity contribution in [2.75, 3.05) is 6.54 Å². The SMILES string of the molecule is O=C(C=Cc1cccs1)NCCc1cccs1. The van der Waals surface area contributed by atoms with Crippen molar-refractivity contribution < 1.29 is 4.79 Å². The number of hydrogen-bond acceptors (Lipinski definition) is 3. The van der Waals surface area contributed by atoms with Gasteiger partial charge in [0.25, 0.3) is 0 Å². The molecule has 0 aromatic carbocycles. The van der Waals surface area contributed by atoms with Gasteiger partial charge in [0.05, 0.1) is 0 Å². The third-order valence-corrected chi connectivity index (χ3v) is 3.97. The summed E-state index contributed by atoms with van der Waals surface area (Å²) in [5.74, 6) is -0.0324. The van der Waals surface area contributed by atoms with Crippen LogP contribution in [0.25, 0.3) is 6.08 Å². The lowest BCUT2D eigenvalue weighted by Crippen LogP contribution is -2.23. The molecule has 2 rings (SSSR count). The van der Waals surface area contributed by atoms with Crippen molar-refractivity contribution in [2.24, 2.45) is 0 Å². The van der Waals surface area contributed by atoms with Gasteiger partial charge in [-0.3, -0.25) is 4.79 Å². The minimum atomic E-state index is -0.0324. The number of hydrogen-bond donors (Lipinski definition) is 1. The number of carbonyl (C=O) groups is 1. The van der Waals surface area contributed by atoms with Crippen LogP contribution >= 0.6 is 22.7 Å². The molecule has 2 aromatic heterocycles. The van der Waals surface area contributed by atoms with E-state index in [1.165, 1.54) is 4.88 Å². The number of thiophene rings is 2. The van der Waals surface area contributed by atoms with Crippen molar-refractivity contribution in [2.45, 2.75) is 6.42 Å². The second kappa shape index (κ2) is 6.37. The average Bonchev–Trinajstić information content (AvgIpc) is 2.99. The molecule has 0 aliphatic heterocycles. The van der Waals surface area contributed by atoms with Crippen molar-refractivity contribution in [3.05, 3.63) is 50.9 Å². The minimum Gasteiger partial charge on any atom is -0.352 e. The first-order valence-corrected chi connectivity index (χ1v) is 7.12. The summed E-state index contributed by atoms with van der Waals surface area (Å²) in [6.07, 6.45) is 4.32. The van der Waals surface area contributed by atoms with Crippen molar-refractivity contribution >= 4 is 34.7 Å². The van der Waals surface area contributed by atoms with Gasteiger partial charge in [0.15, 0.2) is 0 Å². The van der Waals surface area contributed by atoms with Crippen molar-refractivity contribution in [1.29, 1.82) is 0 Å². The molecule has 0 spiro atoms. The lowest BCUT2D eigenvalue weighted by atomic mass is 10.3. The van der Waals surface area contributed by atoms with Crippen molar-refractivity contribution in [3.63, 3.8) is 0 Å². The van der Waals surface area contributed by atoms with Crippen molar-refractivity contribution in [3.8, 4) is 0 Å². The van der Waals surface area contributed by atoms with Crippen molar-refractivity contribution in [1.82, 2.24) is 5.32 Å². The van der Waals surface area contributed by atoms with E-state index in [-0.39, 0.29) is 5.91 Å². The first-order chi connectivity index (χ1) is 8.34. The fourth-order valence-corrected chi connectivity index (χ4v) is 2.69. The molecule has 4 heteroatoms. The van der Waals surface area contributed by atoms with E-state index in [2.05, 4.69) is 11.4 Å². The van der Waals surface area contributed by atoms with Gasteiger partial charge in [0.2, 0.25) is 5.91 Å². The fraction of sp³-hybridized carbons (Fsp3) is 0.154. The molecular weight excluding hydrogens is 250 g/mol. The van der Waals surface area contributed by atoms with Crippen LogP contribution in [0, 0.1) is 0 Å². The predicted molar refractivity (Wildman–Crippen MR) is 74.4 cm³/mol. The fourth-order valence-electron chi connectivity index (χ4n) is 1.37. The molecule has 0 aliphatic rings. The highest BCUT2D eigenvalue weighted by molar-refractivity contribution is 7.10. The molecule has 0 saturated carbocycles. The zero-order valence-electron chi connectivity index (χ0n) is 9.26. The van der Waals surface area contributed by atoms with Crippen LogP contribution in [0.2, 0.25) is 0 Å². The van der Waals surface area contributed by atoms with Gasteiger partial charge < -0.3 is 5.32 Å². The summed E-state index contributed by atoms with van der Waals surface area (Å²) in [5.41, 5.74) is 0. The van der Waals surface area contributed by atoms with Gasteiger partial charge in [0, 0.05) is 22.4 Å². The standard InChI is InChI=1S/C13H13NOS2/c15-13(6-5-11-3-1-9-16-11)14-8-7-12-4-2-10-17-12/h1-6,9-10H,7-8H2,(H,14,15). The zero-order chi connectivity index (χ0) is 11.9. The van der Waals surface area contributed by atoms with E-state index in [1.54, 1.807) is 28.7 Å². The highest BCUT2D eigenvalue weighted by Crippen LogP contribution is 2.10. The summed E-state index contributed by atoms with van der Waals surface area (Å²) in [7, 11) is 0. The van der Waals surface area contributed by atoms with E-state index in [0.717, 1.165) is 11.3 Å². The van der Waals surface area contributed by atoms with Crippen LogP contribution in [0.3, 0.4) is 0 Å². The summed E-state index contributed by atoms with van der Waals surface area (Å²) in [6.45, 7) is 0.689. The van der Waals surface area contributed by atoms with Crippen LogP contribution in [-0.4, -0.2) is 12.5 Å². The summed E-state index contributed by atoms with van der Waals surface area (Å²) in [4.78, 5) is 13.9. The normalized spacial score (nSPS) is 10.8. The molecule has 88 valence electrons. The average molecular weight is 263 g/mol. The monoisotopic (exact) mass is 263 g/mol. The topological polar surface area (TPSA) is 29.1 Å². The number of rotatable bonds is 5. The van der Waals surface area contributed by atoms with Crippen LogP contribution in [0.15, 0.2) is 41.1 Å². The molecule has 2 aromatic rings. The van der Waals surface area contributed by atoms with Gasteiger partial charge in [-0.2, -0.15) is 0 Å². The Labute approximate surface area is 109 Å². The van der Waals surface area contributed by atoms with Gasteiger partial charge in [-0.25, -0.2) is 0 Å². The van der Waals surface area contributed by atoms with Crippen LogP contribution < -0.4 is 5.32 Å². The number of carbonyl (C=O) groups excluding carboxylic acids is 1. The van der Waals surface area contributed by atoms with Crippen LogP contribution in [0.5, 0.6) is 0 Å². The van der Waals surface area contributed by atoms with Gasteiger partial charge >= 0.3 is 0 Å². The zero-order valence-corrected chi connectivity index (χ0v) is 10.9. The van der Waals surface area contributed by atoms with E-state index in [1.807, 2.05) is 35.0 Å². The van der Waals surface area contributed by atoms with Gasteiger partial charge in [-0.15, -0.1) is 22.7 Å². The van der Waals surface area contributed by atoms with Crippen LogP contribution in [0.1, 0.15) is 9.75 Å². The van der Waals surface area contributed by atoms with E-state index < -0.39 is 0 Å². The Morgan fingerprint density at radius 1 is 1.24 bits per heavy atom. The third-order valence-electron chi connectivity index (χ3n) is 2.19. The lowest BCUT2D eigenvalue weighted by molar-refractivity contribution is -0.116. The Morgan fingerprint density at radius 2 is 2.06 bits per heavy atom. The van der Waals surface area contributed by atoms with E-state index in [4.69, 9.17) is 0 Å². The minimum absolute atomic E-state index is 0.0324. The molecule has 0 atom stereocenters. The molecule has 2 nitrogen and oxygen atoms in total. The molecule has 1 N–H and O–H groups in total. The molecule has 0 aliphatic carbocycles. The van der Waals surface area contributed by atoms with Crippen LogP contribution in [0.4, 0.5) is 0 Å². The molecule has 0 bridgehead atoms. The lowest BCUT2D eigenvalue weighted by Gasteiger charge is -1.99. The Morgan fingerprint density at radius 3 is 2.76 bits per heavy atom. The summed E-state index contributed by atoms with van der Waals surface area (Å²) >= 11 is 3.34. The summed E-state index contributed by atoms with van der Waals surface area (Å²) in [6, 6.07) is 8.07. The number of nitrogens with one attached hydrogen (secondary N) is 1. The molecule has 0 fully saturated rings. The van der Waals surface area contributed by atoms with E-state index in [0.29, 0.717) is 6.54 Å². The third kappa shape index (κ3) is 4.17. The highest BCUT2D eigenvalue weighted by atomic mass is 32.1. The van der Waals surface area contributed by atoms with Gasteiger partial charge in [-0.05, 0) is 35.4 Å². The molecule has 0 unspecified atom stereocenters. The van der Waals surface area contributed by atoms with Gasteiger partial charge in [-0.1, -0.05) is 12.1 Å². The first kappa shape index (κ1) is 12.1. The summed E-state index contributed by atoms with van der Waals surface area (Å²) in [5, 5.41) is 6.91. The molecule has 0 radical (unpaired) electrons. The summed E-state index contributed by atoms with van der Waals surface area (Å²) < 4.78 is 0. The molecule has 0 saturated heterocycles. The molecule has 2 heterocycles. The quantitative estimate of drug-likeness (QED) is 0.825. The molecule has 1 amide bonds. The Hall–Kier alpha value is -1.39. The second-order valence-electron chi connectivity index (χ2n) is 3.47. The van der Waals surface area contributed by atoms with E-state index >= 15 is 0 Å². The maximum Gasteiger partial charge on any atom is 0.244 e. The first-order valence-electron chi connectivity index (χ1n) is 5.36. The molecule has 17 heavy (non-hydrogen) atoms. The number of amides is 1. The molecular formula is C13H13NOS2.